The number of rotatable bonds is 5. The summed E-state index contributed by atoms with van der Waals surface area (Å²) >= 11 is 0. The summed E-state index contributed by atoms with van der Waals surface area (Å²) < 4.78 is 16.4. The van der Waals surface area contributed by atoms with Gasteiger partial charge in [-0.05, 0) is 49.2 Å². The molecule has 3 amide bonds. The van der Waals surface area contributed by atoms with E-state index in [1.807, 2.05) is 18.2 Å². The summed E-state index contributed by atoms with van der Waals surface area (Å²) in [5.41, 5.74) is 1.09. The van der Waals surface area contributed by atoms with Crippen LogP contribution in [0.3, 0.4) is 0 Å². The molecule has 2 aliphatic heterocycles. The molecule has 3 heterocycles. The van der Waals surface area contributed by atoms with E-state index in [0.29, 0.717) is 19.0 Å². The number of nitrogens with one attached hydrogen (secondary N) is 2. The number of imide groups is 1. The molecule has 8 nitrogen and oxygen atoms in total. The maximum atomic E-state index is 12.3. The Balaban J connectivity index is 1.32. The quantitative estimate of drug-likeness (QED) is 0.820. The van der Waals surface area contributed by atoms with Crippen LogP contribution in [0.25, 0.3) is 0 Å². The number of furan rings is 1. The summed E-state index contributed by atoms with van der Waals surface area (Å²) in [4.78, 5) is 26.3. The van der Waals surface area contributed by atoms with Gasteiger partial charge in [-0.1, -0.05) is 6.07 Å². The van der Waals surface area contributed by atoms with Crippen LogP contribution < -0.4 is 20.1 Å². The molecule has 8 heteroatoms. The van der Waals surface area contributed by atoms with Crippen molar-refractivity contribution in [1.29, 1.82) is 0 Å². The Morgan fingerprint density at radius 2 is 2.00 bits per heavy atom. The molecule has 2 aliphatic rings. The number of nitrogens with zero attached hydrogens (tertiary/aromatic N) is 1. The summed E-state index contributed by atoms with van der Waals surface area (Å²) in [6, 6.07) is 9.01. The lowest BCUT2D eigenvalue weighted by Crippen LogP contribution is -2.44. The first-order chi connectivity index (χ1) is 13.7. The minimum Gasteiger partial charge on any atom is -0.486 e. The zero-order valence-electron chi connectivity index (χ0n) is 15.5. The highest BCUT2D eigenvalue weighted by Crippen LogP contribution is 2.37. The van der Waals surface area contributed by atoms with Crippen LogP contribution >= 0.6 is 0 Å². The average Bonchev–Trinajstić information content (AvgIpc) is 3.38. The molecule has 1 atom stereocenters. The summed E-state index contributed by atoms with van der Waals surface area (Å²) in [7, 11) is 0. The van der Waals surface area contributed by atoms with Crippen molar-refractivity contribution in [2.24, 2.45) is 0 Å². The summed E-state index contributed by atoms with van der Waals surface area (Å²) in [5.74, 6) is 1.80. The third-order valence-electron chi connectivity index (χ3n) is 4.92. The Bertz CT molecular complexity index is 836. The summed E-state index contributed by atoms with van der Waals surface area (Å²) in [5, 5.41) is 4.98. The van der Waals surface area contributed by atoms with E-state index in [9.17, 15) is 9.59 Å². The molecule has 0 aliphatic carbocycles. The first-order valence-corrected chi connectivity index (χ1v) is 9.43. The fraction of sp³-hybridized carbons (Fsp3) is 0.400. The molecule has 2 N–H and O–H groups in total. The fourth-order valence-electron chi connectivity index (χ4n) is 3.64. The molecular formula is C20H23N3O5. The van der Waals surface area contributed by atoms with Crippen molar-refractivity contribution < 1.29 is 23.5 Å². The van der Waals surface area contributed by atoms with E-state index < -0.39 is 6.03 Å². The van der Waals surface area contributed by atoms with Crippen LogP contribution in [-0.4, -0.2) is 43.1 Å². The van der Waals surface area contributed by atoms with E-state index in [1.165, 1.54) is 6.26 Å². The maximum absolute atomic E-state index is 12.3. The minimum atomic E-state index is -0.531. The van der Waals surface area contributed by atoms with E-state index in [-0.39, 0.29) is 25.0 Å². The smallest absolute Gasteiger partial charge is 0.321 e. The Morgan fingerprint density at radius 3 is 2.82 bits per heavy atom. The van der Waals surface area contributed by atoms with Gasteiger partial charge in [0.25, 0.3) is 0 Å². The Kier molecular flexibility index (Phi) is 5.48. The standard InChI is InChI=1S/C20H23N3O5/c24-19(22-20(25)21-12-15-3-2-8-26-15)13-23-7-1-4-16(23)14-5-6-17-18(11-14)28-10-9-27-17/h2-3,5-6,8,11,16H,1,4,7,9-10,12-13H2,(H2,21,22,24,25)/t16-/m1/s1. The molecule has 0 bridgehead atoms. The number of fused-ring (bicyclic) bond motifs is 1. The maximum Gasteiger partial charge on any atom is 0.321 e. The van der Waals surface area contributed by atoms with Gasteiger partial charge in [-0.25, -0.2) is 4.79 Å². The molecule has 1 fully saturated rings. The predicted octanol–water partition coefficient (Wildman–Crippen LogP) is 2.21. The largest absolute Gasteiger partial charge is 0.486 e. The lowest BCUT2D eigenvalue weighted by Gasteiger charge is -2.26. The number of benzene rings is 1. The number of carbonyl (C=O) groups excluding carboxylic acids is 2. The van der Waals surface area contributed by atoms with Crippen LogP contribution in [0.2, 0.25) is 0 Å². The fourth-order valence-corrected chi connectivity index (χ4v) is 3.64. The SMILES string of the molecule is O=C(CN1CCC[C@@H]1c1ccc2c(c1)OCCO2)NC(=O)NCc1ccco1. The van der Waals surface area contributed by atoms with Crippen LogP contribution in [0.15, 0.2) is 41.0 Å². The highest BCUT2D eigenvalue weighted by Gasteiger charge is 2.29. The van der Waals surface area contributed by atoms with Crippen molar-refractivity contribution in [1.82, 2.24) is 15.5 Å². The molecule has 2 aromatic rings. The number of ether oxygens (including phenoxy) is 2. The van der Waals surface area contributed by atoms with Crippen LogP contribution in [0, 0.1) is 0 Å². The van der Waals surface area contributed by atoms with Crippen molar-refractivity contribution >= 4 is 11.9 Å². The minimum absolute atomic E-state index is 0.118. The second-order valence-corrected chi connectivity index (χ2v) is 6.84. The van der Waals surface area contributed by atoms with Crippen molar-refractivity contribution in [3.63, 3.8) is 0 Å². The molecule has 0 saturated carbocycles. The molecule has 1 aromatic carbocycles. The zero-order valence-corrected chi connectivity index (χ0v) is 15.5. The van der Waals surface area contributed by atoms with Gasteiger partial charge < -0.3 is 19.2 Å². The van der Waals surface area contributed by atoms with Gasteiger partial charge in [0.15, 0.2) is 11.5 Å². The molecule has 1 saturated heterocycles. The summed E-state index contributed by atoms with van der Waals surface area (Å²) in [6.07, 6.45) is 3.49. The normalized spacial score (nSPS) is 18.6. The molecule has 4 rings (SSSR count). The van der Waals surface area contributed by atoms with Crippen LogP contribution in [0.1, 0.15) is 30.2 Å². The Hall–Kier alpha value is -3.00. The number of carbonyl (C=O) groups is 2. The number of hydrogen-bond donors (Lipinski definition) is 2. The first-order valence-electron chi connectivity index (χ1n) is 9.43. The predicted molar refractivity (Wildman–Crippen MR) is 100 cm³/mol. The van der Waals surface area contributed by atoms with E-state index >= 15 is 0 Å². The van der Waals surface area contributed by atoms with E-state index in [2.05, 4.69) is 15.5 Å². The lowest BCUT2D eigenvalue weighted by atomic mass is 10.0. The number of likely N-dealkylation sites (tertiary alicyclic amines) is 1. The monoisotopic (exact) mass is 385 g/mol. The number of hydrogen-bond acceptors (Lipinski definition) is 6. The molecule has 1 aromatic heterocycles. The van der Waals surface area contributed by atoms with Crippen molar-refractivity contribution in [2.75, 3.05) is 26.3 Å². The van der Waals surface area contributed by atoms with Gasteiger partial charge in [0.1, 0.15) is 19.0 Å². The van der Waals surface area contributed by atoms with Gasteiger partial charge in [-0.3, -0.25) is 15.0 Å². The van der Waals surface area contributed by atoms with Gasteiger partial charge in [0, 0.05) is 6.04 Å². The highest BCUT2D eigenvalue weighted by atomic mass is 16.6. The van der Waals surface area contributed by atoms with E-state index in [4.69, 9.17) is 13.9 Å². The summed E-state index contributed by atoms with van der Waals surface area (Å²) in [6.45, 7) is 2.30. The van der Waals surface area contributed by atoms with E-state index in [1.54, 1.807) is 12.1 Å². The Labute approximate surface area is 162 Å². The second-order valence-electron chi connectivity index (χ2n) is 6.84. The van der Waals surface area contributed by atoms with Gasteiger partial charge in [0.2, 0.25) is 5.91 Å². The van der Waals surface area contributed by atoms with Crippen molar-refractivity contribution in [3.8, 4) is 11.5 Å². The third-order valence-corrected chi connectivity index (χ3v) is 4.92. The van der Waals surface area contributed by atoms with Crippen LogP contribution in [0.4, 0.5) is 4.79 Å². The van der Waals surface area contributed by atoms with Crippen LogP contribution in [0.5, 0.6) is 11.5 Å². The van der Waals surface area contributed by atoms with Gasteiger partial charge in [-0.15, -0.1) is 0 Å². The Morgan fingerprint density at radius 1 is 1.14 bits per heavy atom. The van der Waals surface area contributed by atoms with Crippen LogP contribution in [-0.2, 0) is 11.3 Å². The van der Waals surface area contributed by atoms with Crippen molar-refractivity contribution in [3.05, 3.63) is 47.9 Å². The molecule has 0 radical (unpaired) electrons. The molecular weight excluding hydrogens is 362 g/mol. The van der Waals surface area contributed by atoms with Gasteiger partial charge >= 0.3 is 6.03 Å². The highest BCUT2D eigenvalue weighted by molar-refractivity contribution is 5.95. The molecule has 0 spiro atoms. The first kappa shape index (κ1) is 18.4. The topological polar surface area (TPSA) is 93.0 Å². The average molecular weight is 385 g/mol. The third kappa shape index (κ3) is 4.28. The molecule has 148 valence electrons. The number of amides is 3. The van der Waals surface area contributed by atoms with Gasteiger partial charge in [-0.2, -0.15) is 0 Å². The molecule has 0 unspecified atom stereocenters. The van der Waals surface area contributed by atoms with Crippen molar-refractivity contribution in [2.45, 2.75) is 25.4 Å². The second kappa shape index (κ2) is 8.35. The van der Waals surface area contributed by atoms with Gasteiger partial charge in [0.05, 0.1) is 19.4 Å². The zero-order chi connectivity index (χ0) is 19.3. The molecule has 28 heavy (non-hydrogen) atoms. The number of urea groups is 1. The van der Waals surface area contributed by atoms with E-state index in [0.717, 1.165) is 36.4 Å². The lowest BCUT2D eigenvalue weighted by molar-refractivity contribution is -0.121.